The minimum Gasteiger partial charge on any atom is -0.507 e. The maximum Gasteiger partial charge on any atom is 0.126 e. The molecule has 4 rings (SSSR count). The van der Waals surface area contributed by atoms with E-state index >= 15 is 0 Å². The first-order valence-electron chi connectivity index (χ1n) is 14.2. The van der Waals surface area contributed by atoms with E-state index in [0.29, 0.717) is 35.3 Å². The van der Waals surface area contributed by atoms with Gasteiger partial charge in [-0.3, -0.25) is 0 Å². The highest BCUT2D eigenvalue weighted by atomic mass is 16.3. The molecule has 1 nitrogen and oxygen atoms in total. The Morgan fingerprint density at radius 2 is 1.14 bits per heavy atom. The Bertz CT molecular complexity index is 1170. The average Bonchev–Trinajstić information content (AvgIpc) is 3.07. The van der Waals surface area contributed by atoms with Crippen LogP contribution < -0.4 is 0 Å². The maximum atomic E-state index is 11.8. The summed E-state index contributed by atoms with van der Waals surface area (Å²) >= 11 is 0. The van der Waals surface area contributed by atoms with Crippen molar-refractivity contribution in [3.05, 3.63) is 82.0 Å². The number of aromatic hydroxyl groups is 1. The summed E-state index contributed by atoms with van der Waals surface area (Å²) in [6.07, 6.45) is 15.0. The van der Waals surface area contributed by atoms with Crippen molar-refractivity contribution in [2.24, 2.45) is 40.4 Å². The lowest BCUT2D eigenvalue weighted by molar-refractivity contribution is 0.430. The van der Waals surface area contributed by atoms with Gasteiger partial charge in [0.15, 0.2) is 0 Å². The van der Waals surface area contributed by atoms with Crippen molar-refractivity contribution in [1.29, 1.82) is 0 Å². The molecule has 1 saturated carbocycles. The van der Waals surface area contributed by atoms with E-state index in [1.807, 2.05) is 0 Å². The molecule has 1 aromatic rings. The molecule has 0 spiro atoms. The quantitative estimate of drug-likeness (QED) is 0.430. The van der Waals surface area contributed by atoms with Gasteiger partial charge >= 0.3 is 0 Å². The van der Waals surface area contributed by atoms with Crippen LogP contribution in [0.15, 0.2) is 65.3 Å². The summed E-state index contributed by atoms with van der Waals surface area (Å²) in [6.45, 7) is 27.2. The first-order valence-corrected chi connectivity index (χ1v) is 14.2. The number of benzene rings is 1. The van der Waals surface area contributed by atoms with E-state index in [1.165, 1.54) is 27.9 Å². The van der Waals surface area contributed by atoms with Gasteiger partial charge in [0.2, 0.25) is 0 Å². The zero-order valence-electron chi connectivity index (χ0n) is 25.5. The van der Waals surface area contributed by atoms with Gasteiger partial charge in [-0.05, 0) is 95.0 Å². The molecule has 4 unspecified atom stereocenters. The number of aryl methyl sites for hydroxylation is 1. The van der Waals surface area contributed by atoms with E-state index in [1.54, 1.807) is 0 Å². The molecule has 1 aromatic carbocycles. The molecule has 3 aliphatic carbocycles. The van der Waals surface area contributed by atoms with Crippen molar-refractivity contribution < 1.29 is 5.11 Å². The topological polar surface area (TPSA) is 20.2 Å². The summed E-state index contributed by atoms with van der Waals surface area (Å²) in [4.78, 5) is 0. The Morgan fingerprint density at radius 1 is 0.676 bits per heavy atom. The zero-order chi connectivity index (χ0) is 27.7. The number of phenolic OH excluding ortho intramolecular Hbond substituents is 1. The lowest BCUT2D eigenvalue weighted by Crippen LogP contribution is -2.23. The van der Waals surface area contributed by atoms with Gasteiger partial charge in [-0.15, -0.1) is 0 Å². The second-order valence-electron chi connectivity index (χ2n) is 15.2. The Morgan fingerprint density at radius 3 is 1.51 bits per heavy atom. The minimum absolute atomic E-state index is 0.109. The summed E-state index contributed by atoms with van der Waals surface area (Å²) < 4.78 is 0. The van der Waals surface area contributed by atoms with Crippen LogP contribution in [0, 0.1) is 47.3 Å². The molecule has 3 aliphatic rings. The molecule has 0 saturated heterocycles. The third kappa shape index (κ3) is 5.08. The summed E-state index contributed by atoms with van der Waals surface area (Å²) in [5.74, 6) is 2.52. The van der Waals surface area contributed by atoms with E-state index < -0.39 is 0 Å². The van der Waals surface area contributed by atoms with Crippen LogP contribution >= 0.6 is 0 Å². The molecule has 4 atom stereocenters. The molecule has 0 amide bonds. The fraction of sp³-hybridized carbons (Fsp3) is 0.556. The van der Waals surface area contributed by atoms with Crippen molar-refractivity contribution >= 4 is 5.57 Å². The normalized spacial score (nSPS) is 27.4. The average molecular weight is 499 g/mol. The Kier molecular flexibility index (Phi) is 6.88. The number of phenols is 1. The molecule has 0 radical (unpaired) electrons. The van der Waals surface area contributed by atoms with Crippen molar-refractivity contribution in [3.8, 4) is 5.75 Å². The third-order valence-corrected chi connectivity index (χ3v) is 8.86. The van der Waals surface area contributed by atoms with E-state index in [4.69, 9.17) is 0 Å². The monoisotopic (exact) mass is 498 g/mol. The Balaban J connectivity index is 1.98. The highest BCUT2D eigenvalue weighted by Crippen LogP contribution is 2.59. The predicted molar refractivity (Wildman–Crippen MR) is 161 cm³/mol. The van der Waals surface area contributed by atoms with Crippen LogP contribution in [0.3, 0.4) is 0 Å². The van der Waals surface area contributed by atoms with E-state index in [-0.39, 0.29) is 16.2 Å². The molecule has 1 heteroatoms. The molecule has 1 N–H and O–H groups in total. The number of rotatable bonds is 2. The second-order valence-corrected chi connectivity index (χ2v) is 15.2. The van der Waals surface area contributed by atoms with Crippen molar-refractivity contribution in [2.45, 2.75) is 88.5 Å². The van der Waals surface area contributed by atoms with Gasteiger partial charge in [0.25, 0.3) is 0 Å². The molecule has 0 aromatic heterocycles. The predicted octanol–water partition coefficient (Wildman–Crippen LogP) is 9.97. The minimum atomic E-state index is -0.127. The Hall–Kier alpha value is -2.28. The van der Waals surface area contributed by atoms with Gasteiger partial charge in [0.05, 0.1) is 0 Å². The van der Waals surface area contributed by atoms with Gasteiger partial charge in [0.1, 0.15) is 5.75 Å². The van der Waals surface area contributed by atoms with Crippen molar-refractivity contribution in [1.82, 2.24) is 0 Å². The van der Waals surface area contributed by atoms with Crippen LogP contribution in [0.4, 0.5) is 0 Å². The number of allylic oxidation sites excluding steroid dienone is 10. The molecule has 0 aliphatic heterocycles. The van der Waals surface area contributed by atoms with Gasteiger partial charge in [0, 0.05) is 11.1 Å². The third-order valence-electron chi connectivity index (χ3n) is 8.86. The smallest absolute Gasteiger partial charge is 0.126 e. The van der Waals surface area contributed by atoms with Gasteiger partial charge in [-0.2, -0.15) is 0 Å². The van der Waals surface area contributed by atoms with Crippen LogP contribution in [-0.4, -0.2) is 5.11 Å². The molecule has 0 heterocycles. The first kappa shape index (κ1) is 27.7. The molecular weight excluding hydrogens is 448 g/mol. The summed E-state index contributed by atoms with van der Waals surface area (Å²) in [6, 6.07) is 4.40. The SMILES string of the molecule is CC(C)=C(c1cc(C)cc(C(C)(C)C)c1O)C1C2C=C(C(C)(C)C)C=CC2C2C=CC(C(C)(C)C)=CC21. The van der Waals surface area contributed by atoms with Gasteiger partial charge in [-0.1, -0.05) is 110 Å². The fourth-order valence-electron chi connectivity index (χ4n) is 6.87. The maximum absolute atomic E-state index is 11.8. The van der Waals surface area contributed by atoms with Gasteiger partial charge in [-0.25, -0.2) is 0 Å². The second kappa shape index (κ2) is 9.18. The molecular formula is C36H50O. The standard InChI is InChI=1S/C36H50O/c1-21(2)31(29-17-22(3)18-30(33(29)37)36(10,11)12)32-27-19-23(34(4,5)6)13-15-25(27)26-16-14-24(20-28(26)32)35(7,8)9/h13-20,25-28,32,37H,1-12H3. The van der Waals surface area contributed by atoms with E-state index in [0.717, 1.165) is 11.1 Å². The summed E-state index contributed by atoms with van der Waals surface area (Å²) in [5.41, 5.74) is 8.89. The van der Waals surface area contributed by atoms with Crippen LogP contribution in [-0.2, 0) is 5.41 Å². The van der Waals surface area contributed by atoms with Crippen LogP contribution in [0.25, 0.3) is 5.57 Å². The van der Waals surface area contributed by atoms with Crippen LogP contribution in [0.5, 0.6) is 5.75 Å². The lowest BCUT2D eigenvalue weighted by atomic mass is 9.70. The van der Waals surface area contributed by atoms with Crippen molar-refractivity contribution in [2.75, 3.05) is 0 Å². The molecule has 1 fully saturated rings. The number of fused-ring (bicyclic) bond motifs is 3. The highest BCUT2D eigenvalue weighted by Gasteiger charge is 2.51. The Labute approximate surface area is 227 Å². The largest absolute Gasteiger partial charge is 0.507 e. The molecule has 0 bridgehead atoms. The van der Waals surface area contributed by atoms with Crippen molar-refractivity contribution in [3.63, 3.8) is 0 Å². The van der Waals surface area contributed by atoms with E-state index in [9.17, 15) is 5.11 Å². The number of hydrogen-bond acceptors (Lipinski definition) is 1. The summed E-state index contributed by atoms with van der Waals surface area (Å²) in [7, 11) is 0. The highest BCUT2D eigenvalue weighted by molar-refractivity contribution is 5.77. The molecule has 200 valence electrons. The first-order chi connectivity index (χ1) is 16.9. The van der Waals surface area contributed by atoms with Gasteiger partial charge < -0.3 is 5.11 Å². The van der Waals surface area contributed by atoms with Crippen LogP contribution in [0.2, 0.25) is 0 Å². The van der Waals surface area contributed by atoms with E-state index in [2.05, 4.69) is 132 Å². The lowest BCUT2D eigenvalue weighted by Gasteiger charge is -2.34. The molecule has 37 heavy (non-hydrogen) atoms. The van der Waals surface area contributed by atoms with Crippen LogP contribution in [0.1, 0.15) is 92.9 Å². The summed E-state index contributed by atoms with van der Waals surface area (Å²) in [5, 5.41) is 11.8. The zero-order valence-corrected chi connectivity index (χ0v) is 25.5. The number of hydrogen-bond donors (Lipinski definition) is 1. The fourth-order valence-corrected chi connectivity index (χ4v) is 6.87.